The molecule has 0 aliphatic carbocycles. The normalized spacial score (nSPS) is 12.5. The summed E-state index contributed by atoms with van der Waals surface area (Å²) < 4.78 is 4.95. The maximum Gasteiger partial charge on any atom is 0.322 e. The van der Waals surface area contributed by atoms with Crippen LogP contribution in [0.2, 0.25) is 0 Å². The highest BCUT2D eigenvalue weighted by Gasteiger charge is 2.22. The molecule has 0 radical (unpaired) electrons. The first kappa shape index (κ1) is 13.6. The lowest BCUT2D eigenvalue weighted by Crippen LogP contribution is -2.34. The third-order valence-corrected chi connectivity index (χ3v) is 2.21. The number of carbonyl (C=O) groups is 1. The van der Waals surface area contributed by atoms with Crippen LogP contribution in [0.25, 0.3) is 0 Å². The third-order valence-electron chi connectivity index (χ3n) is 2.21. The molecule has 0 amide bonds. The van der Waals surface area contributed by atoms with Gasteiger partial charge in [-0.25, -0.2) is 0 Å². The van der Waals surface area contributed by atoms with Gasteiger partial charge >= 0.3 is 5.97 Å². The molecule has 1 N–H and O–H groups in total. The van der Waals surface area contributed by atoms with E-state index in [2.05, 4.69) is 0 Å². The largest absolute Gasteiger partial charge is 0.394 e. The lowest BCUT2D eigenvalue weighted by molar-refractivity contribution is -0.228. The molecular weight excluding hydrogens is 222 g/mol. The van der Waals surface area contributed by atoms with Crippen molar-refractivity contribution in [2.75, 3.05) is 20.4 Å². The van der Waals surface area contributed by atoms with Crippen LogP contribution in [0.4, 0.5) is 0 Å². The van der Waals surface area contributed by atoms with Gasteiger partial charge in [-0.1, -0.05) is 30.3 Å². The van der Waals surface area contributed by atoms with Crippen LogP contribution in [0.15, 0.2) is 30.3 Å². The van der Waals surface area contributed by atoms with Crippen molar-refractivity contribution < 1.29 is 19.5 Å². The lowest BCUT2D eigenvalue weighted by atomic mass is 10.1. The Balaban J connectivity index is 2.84. The van der Waals surface area contributed by atoms with E-state index in [0.29, 0.717) is 0 Å². The van der Waals surface area contributed by atoms with Crippen LogP contribution >= 0.6 is 0 Å². The van der Waals surface area contributed by atoms with E-state index in [0.717, 1.165) is 5.56 Å². The van der Waals surface area contributed by atoms with E-state index in [1.165, 1.54) is 19.1 Å². The van der Waals surface area contributed by atoms with Gasteiger partial charge in [0.25, 0.3) is 0 Å². The van der Waals surface area contributed by atoms with Gasteiger partial charge in [0.2, 0.25) is 0 Å². The molecule has 0 spiro atoms. The molecule has 0 heterocycles. The number of aliphatic hydroxyl groups is 1. The van der Waals surface area contributed by atoms with Crippen LogP contribution in [-0.4, -0.2) is 36.6 Å². The third kappa shape index (κ3) is 4.14. The molecule has 0 aliphatic heterocycles. The number of aliphatic hydroxyl groups excluding tert-OH is 1. The average molecular weight is 239 g/mol. The Kier molecular flexibility index (Phi) is 5.62. The van der Waals surface area contributed by atoms with Crippen LogP contribution in [0.3, 0.4) is 0 Å². The standard InChI is InChI=1S/C12H17NO4/c1-10(15)17-13(9-16-2)12(8-14)11-6-4-3-5-7-11/h3-7,12,14H,8-9H2,1-2H3. The number of carbonyl (C=O) groups excluding carboxylic acids is 1. The molecule has 1 rings (SSSR count). The number of hydrogen-bond donors (Lipinski definition) is 1. The van der Waals surface area contributed by atoms with Gasteiger partial charge < -0.3 is 14.7 Å². The predicted octanol–water partition coefficient (Wildman–Crippen LogP) is 1.10. The number of methoxy groups -OCH3 is 1. The Morgan fingerprint density at radius 3 is 2.53 bits per heavy atom. The number of hydrogen-bond acceptors (Lipinski definition) is 5. The maximum absolute atomic E-state index is 11.0. The van der Waals surface area contributed by atoms with Crippen molar-refractivity contribution in [3.63, 3.8) is 0 Å². The summed E-state index contributed by atoms with van der Waals surface area (Å²) in [6.45, 7) is 1.24. The van der Waals surface area contributed by atoms with Crippen molar-refractivity contribution in [3.05, 3.63) is 35.9 Å². The summed E-state index contributed by atoms with van der Waals surface area (Å²) in [6, 6.07) is 8.87. The van der Waals surface area contributed by atoms with Gasteiger partial charge in [0, 0.05) is 14.0 Å². The van der Waals surface area contributed by atoms with Crippen LogP contribution < -0.4 is 0 Å². The fourth-order valence-electron chi connectivity index (χ4n) is 1.51. The molecule has 5 nitrogen and oxygen atoms in total. The number of ether oxygens (including phenoxy) is 1. The minimum atomic E-state index is -0.448. The zero-order valence-corrected chi connectivity index (χ0v) is 10.00. The Labute approximate surface area is 101 Å². The second kappa shape index (κ2) is 7.01. The van der Waals surface area contributed by atoms with Gasteiger partial charge in [-0.15, -0.1) is 5.06 Å². The first-order chi connectivity index (χ1) is 8.19. The molecule has 17 heavy (non-hydrogen) atoms. The van der Waals surface area contributed by atoms with Crippen LogP contribution in [0.5, 0.6) is 0 Å². The van der Waals surface area contributed by atoms with Crippen molar-refractivity contribution in [2.24, 2.45) is 0 Å². The Morgan fingerprint density at radius 2 is 2.06 bits per heavy atom. The zero-order chi connectivity index (χ0) is 12.7. The van der Waals surface area contributed by atoms with E-state index in [4.69, 9.17) is 9.57 Å². The molecular formula is C12H17NO4. The molecule has 5 heteroatoms. The van der Waals surface area contributed by atoms with E-state index in [9.17, 15) is 9.90 Å². The van der Waals surface area contributed by atoms with Crippen molar-refractivity contribution in [2.45, 2.75) is 13.0 Å². The molecule has 0 fully saturated rings. The summed E-state index contributed by atoms with van der Waals surface area (Å²) >= 11 is 0. The number of nitrogens with zero attached hydrogens (tertiary/aromatic N) is 1. The molecule has 1 aromatic carbocycles. The number of benzene rings is 1. The number of hydroxylamine groups is 2. The van der Waals surface area contributed by atoms with E-state index < -0.39 is 12.0 Å². The minimum absolute atomic E-state index is 0.0969. The highest BCUT2D eigenvalue weighted by Crippen LogP contribution is 2.20. The van der Waals surface area contributed by atoms with Crippen molar-refractivity contribution in [1.82, 2.24) is 5.06 Å². The summed E-state index contributed by atoms with van der Waals surface area (Å²) in [5, 5.41) is 10.7. The van der Waals surface area contributed by atoms with E-state index >= 15 is 0 Å². The molecule has 1 aromatic rings. The summed E-state index contributed by atoms with van der Waals surface area (Å²) in [5.41, 5.74) is 0.855. The summed E-state index contributed by atoms with van der Waals surface area (Å²) in [5.74, 6) is -0.448. The van der Waals surface area contributed by atoms with Gasteiger partial charge in [0.15, 0.2) is 0 Å². The van der Waals surface area contributed by atoms with Crippen LogP contribution in [-0.2, 0) is 14.4 Å². The second-order valence-electron chi connectivity index (χ2n) is 3.53. The first-order valence-corrected chi connectivity index (χ1v) is 5.29. The maximum atomic E-state index is 11.0. The van der Waals surface area contributed by atoms with Crippen LogP contribution in [0.1, 0.15) is 18.5 Å². The molecule has 0 aliphatic rings. The topological polar surface area (TPSA) is 59.0 Å². The molecule has 0 saturated carbocycles. The monoisotopic (exact) mass is 239 g/mol. The van der Waals surface area contributed by atoms with Gasteiger partial charge in [0.1, 0.15) is 6.73 Å². The Hall–Kier alpha value is -1.43. The average Bonchev–Trinajstić information content (AvgIpc) is 2.31. The van der Waals surface area contributed by atoms with Gasteiger partial charge in [-0.05, 0) is 5.56 Å². The van der Waals surface area contributed by atoms with E-state index in [-0.39, 0.29) is 13.3 Å². The lowest BCUT2D eigenvalue weighted by Gasteiger charge is -2.27. The predicted molar refractivity (Wildman–Crippen MR) is 61.7 cm³/mol. The van der Waals surface area contributed by atoms with Gasteiger partial charge in [-0.3, -0.25) is 4.79 Å². The van der Waals surface area contributed by atoms with E-state index in [1.807, 2.05) is 30.3 Å². The molecule has 1 unspecified atom stereocenters. The summed E-state index contributed by atoms with van der Waals surface area (Å²) in [4.78, 5) is 16.0. The number of rotatable bonds is 6. The molecule has 94 valence electrons. The summed E-state index contributed by atoms with van der Waals surface area (Å²) in [6.07, 6.45) is 0. The highest BCUT2D eigenvalue weighted by atomic mass is 16.7. The Morgan fingerprint density at radius 1 is 1.41 bits per heavy atom. The van der Waals surface area contributed by atoms with Gasteiger partial charge in [-0.2, -0.15) is 0 Å². The first-order valence-electron chi connectivity index (χ1n) is 5.29. The van der Waals surface area contributed by atoms with Gasteiger partial charge in [0.05, 0.1) is 12.6 Å². The SMILES string of the molecule is COCN(OC(C)=O)C(CO)c1ccccc1. The highest BCUT2D eigenvalue weighted by molar-refractivity contribution is 5.65. The zero-order valence-electron chi connectivity index (χ0n) is 10.00. The summed E-state index contributed by atoms with van der Waals surface area (Å²) in [7, 11) is 1.50. The van der Waals surface area contributed by atoms with Crippen molar-refractivity contribution in [1.29, 1.82) is 0 Å². The smallest absolute Gasteiger partial charge is 0.322 e. The quantitative estimate of drug-likeness (QED) is 0.595. The molecule has 0 aromatic heterocycles. The molecule has 0 bridgehead atoms. The fourth-order valence-corrected chi connectivity index (χ4v) is 1.51. The van der Waals surface area contributed by atoms with E-state index in [1.54, 1.807) is 0 Å². The van der Waals surface area contributed by atoms with Crippen molar-refractivity contribution >= 4 is 5.97 Å². The van der Waals surface area contributed by atoms with Crippen LogP contribution in [0, 0.1) is 0 Å². The fraction of sp³-hybridized carbons (Fsp3) is 0.417. The molecule has 1 atom stereocenters. The Bertz CT molecular complexity index is 342. The minimum Gasteiger partial charge on any atom is -0.394 e. The van der Waals surface area contributed by atoms with Crippen molar-refractivity contribution in [3.8, 4) is 0 Å². The molecule has 0 saturated heterocycles. The second-order valence-corrected chi connectivity index (χ2v) is 3.53.